The number of fused-ring (bicyclic) bond motifs is 1. The van der Waals surface area contributed by atoms with Crippen LogP contribution in [0.1, 0.15) is 43.0 Å². The van der Waals surface area contributed by atoms with Gasteiger partial charge in [0.2, 0.25) is 0 Å². The Kier molecular flexibility index (Phi) is 2.32. The van der Waals surface area contributed by atoms with Crippen LogP contribution in [-0.4, -0.2) is 11.5 Å². The molecule has 1 aromatic rings. The molecule has 0 aromatic carbocycles. The van der Waals surface area contributed by atoms with Crippen LogP contribution in [0.4, 0.5) is 5.82 Å². The highest BCUT2D eigenvalue weighted by atomic mass is 15.0. The Balaban J connectivity index is 1.85. The van der Waals surface area contributed by atoms with Crippen molar-refractivity contribution in [1.29, 1.82) is 5.26 Å². The van der Waals surface area contributed by atoms with E-state index in [2.05, 4.69) is 23.3 Å². The Labute approximate surface area is 102 Å². The predicted molar refractivity (Wildman–Crippen MR) is 66.8 cm³/mol. The van der Waals surface area contributed by atoms with Gasteiger partial charge in [-0.25, -0.2) is 4.98 Å². The van der Waals surface area contributed by atoms with Gasteiger partial charge in [-0.3, -0.25) is 0 Å². The zero-order chi connectivity index (χ0) is 11.9. The largest absolute Gasteiger partial charge is 0.368 e. The molecule has 3 nitrogen and oxygen atoms in total. The number of nitrogens with zero attached hydrogens (tertiary/aromatic N) is 2. The fourth-order valence-corrected chi connectivity index (χ4v) is 2.38. The Morgan fingerprint density at radius 2 is 2.29 bits per heavy atom. The lowest BCUT2D eigenvalue weighted by atomic mass is 10.1. The molecule has 0 unspecified atom stereocenters. The van der Waals surface area contributed by atoms with Crippen molar-refractivity contribution >= 4 is 5.82 Å². The lowest BCUT2D eigenvalue weighted by Gasteiger charge is -2.13. The first-order chi connectivity index (χ1) is 8.20. The molecule has 0 aliphatic heterocycles. The van der Waals surface area contributed by atoms with E-state index in [1.165, 1.54) is 30.5 Å². The highest BCUT2D eigenvalue weighted by Crippen LogP contribution is 2.44. The van der Waals surface area contributed by atoms with Gasteiger partial charge in [0.15, 0.2) is 0 Å². The summed E-state index contributed by atoms with van der Waals surface area (Å²) in [7, 11) is 0. The zero-order valence-electron chi connectivity index (χ0n) is 10.2. The molecule has 1 fully saturated rings. The fraction of sp³-hybridized carbons (Fsp3) is 0.571. The average Bonchev–Trinajstić information content (AvgIpc) is 2.91. The maximum atomic E-state index is 9.16. The number of aromatic nitrogens is 1. The van der Waals surface area contributed by atoms with Crippen molar-refractivity contribution in [3.63, 3.8) is 0 Å². The molecule has 1 aromatic heterocycles. The molecule has 0 spiro atoms. The average molecular weight is 227 g/mol. The van der Waals surface area contributed by atoms with Gasteiger partial charge in [0.05, 0.1) is 5.56 Å². The minimum Gasteiger partial charge on any atom is -0.368 e. The normalized spacial score (nSPS) is 19.5. The summed E-state index contributed by atoms with van der Waals surface area (Å²) in [6.07, 6.45) is 5.88. The van der Waals surface area contributed by atoms with Crippen LogP contribution in [0.15, 0.2) is 6.07 Å². The third kappa shape index (κ3) is 2.00. The highest BCUT2D eigenvalue weighted by Gasteiger charge is 2.37. The summed E-state index contributed by atoms with van der Waals surface area (Å²) in [6, 6.07) is 4.28. The molecule has 0 radical (unpaired) electrons. The number of hydrogen-bond acceptors (Lipinski definition) is 3. The molecule has 0 atom stereocenters. The summed E-state index contributed by atoms with van der Waals surface area (Å²) < 4.78 is 0. The van der Waals surface area contributed by atoms with Gasteiger partial charge in [-0.05, 0) is 49.1 Å². The Hall–Kier alpha value is -1.56. The Bertz CT molecular complexity index is 495. The quantitative estimate of drug-likeness (QED) is 0.863. The molecule has 88 valence electrons. The first-order valence-electron chi connectivity index (χ1n) is 6.37. The number of anilines is 1. The van der Waals surface area contributed by atoms with Gasteiger partial charge >= 0.3 is 0 Å². The Morgan fingerprint density at radius 3 is 3.00 bits per heavy atom. The second kappa shape index (κ2) is 3.73. The SMILES string of the molecule is CC1(CNc2nc3c(cc2C#N)CCC3)CC1. The lowest BCUT2D eigenvalue weighted by molar-refractivity contribution is 0.609. The molecule has 0 amide bonds. The van der Waals surface area contributed by atoms with Crippen molar-refractivity contribution in [3.8, 4) is 6.07 Å². The van der Waals surface area contributed by atoms with E-state index in [9.17, 15) is 0 Å². The van der Waals surface area contributed by atoms with Gasteiger partial charge in [-0.2, -0.15) is 5.26 Å². The standard InChI is InChI=1S/C14H17N3/c1-14(5-6-14)9-16-13-11(8-15)7-10-3-2-4-12(10)17-13/h7H,2-6,9H2,1H3,(H,16,17). The predicted octanol–water partition coefficient (Wildman–Crippen LogP) is 2.65. The minimum absolute atomic E-state index is 0.438. The summed E-state index contributed by atoms with van der Waals surface area (Å²) in [6.45, 7) is 3.22. The minimum atomic E-state index is 0.438. The van der Waals surface area contributed by atoms with Crippen molar-refractivity contribution in [3.05, 3.63) is 22.9 Å². The number of pyridine rings is 1. The van der Waals surface area contributed by atoms with Gasteiger partial charge < -0.3 is 5.32 Å². The summed E-state index contributed by atoms with van der Waals surface area (Å²) in [5.41, 5.74) is 3.60. The molecule has 3 heteroatoms. The molecular weight excluding hydrogens is 210 g/mol. The van der Waals surface area contributed by atoms with E-state index in [-0.39, 0.29) is 0 Å². The number of hydrogen-bond donors (Lipinski definition) is 1. The van der Waals surface area contributed by atoms with Gasteiger partial charge in [-0.1, -0.05) is 6.92 Å². The van der Waals surface area contributed by atoms with E-state index < -0.39 is 0 Å². The number of nitrogens with one attached hydrogen (secondary N) is 1. The van der Waals surface area contributed by atoms with Crippen LogP contribution in [0.2, 0.25) is 0 Å². The molecule has 2 aliphatic rings. The molecule has 0 saturated heterocycles. The van der Waals surface area contributed by atoms with Crippen molar-refractivity contribution in [2.75, 3.05) is 11.9 Å². The summed E-state index contributed by atoms with van der Waals surface area (Å²) in [5.74, 6) is 0.793. The van der Waals surface area contributed by atoms with Crippen LogP contribution in [0.25, 0.3) is 0 Å². The molecule has 1 N–H and O–H groups in total. The Morgan fingerprint density at radius 1 is 1.47 bits per heavy atom. The molecule has 3 rings (SSSR count). The van der Waals surface area contributed by atoms with E-state index >= 15 is 0 Å². The first-order valence-corrected chi connectivity index (χ1v) is 6.37. The smallest absolute Gasteiger partial charge is 0.144 e. The van der Waals surface area contributed by atoms with Crippen molar-refractivity contribution in [2.45, 2.75) is 39.0 Å². The topological polar surface area (TPSA) is 48.7 Å². The molecule has 0 bridgehead atoms. The van der Waals surface area contributed by atoms with Crippen LogP contribution in [0, 0.1) is 16.7 Å². The third-order valence-electron chi connectivity index (χ3n) is 3.96. The maximum absolute atomic E-state index is 9.16. The first kappa shape index (κ1) is 10.6. The van der Waals surface area contributed by atoms with Gasteiger partial charge in [0, 0.05) is 12.2 Å². The summed E-state index contributed by atoms with van der Waals surface area (Å²) in [5, 5.41) is 12.5. The van der Waals surface area contributed by atoms with Gasteiger partial charge in [0.1, 0.15) is 11.9 Å². The number of aryl methyl sites for hydroxylation is 2. The molecule has 2 aliphatic carbocycles. The summed E-state index contributed by atoms with van der Waals surface area (Å²) >= 11 is 0. The van der Waals surface area contributed by atoms with Crippen LogP contribution in [0.5, 0.6) is 0 Å². The van der Waals surface area contributed by atoms with Crippen LogP contribution in [-0.2, 0) is 12.8 Å². The second-order valence-electron chi connectivity index (χ2n) is 5.62. The summed E-state index contributed by atoms with van der Waals surface area (Å²) in [4.78, 5) is 4.62. The lowest BCUT2D eigenvalue weighted by Crippen LogP contribution is -2.14. The zero-order valence-corrected chi connectivity index (χ0v) is 10.2. The molecule has 1 heterocycles. The molecular formula is C14H17N3. The van der Waals surface area contributed by atoms with Crippen LogP contribution in [0.3, 0.4) is 0 Å². The van der Waals surface area contributed by atoms with E-state index in [0.717, 1.165) is 25.2 Å². The van der Waals surface area contributed by atoms with Crippen molar-refractivity contribution < 1.29 is 0 Å². The fourth-order valence-electron chi connectivity index (χ4n) is 2.38. The second-order valence-corrected chi connectivity index (χ2v) is 5.62. The van der Waals surface area contributed by atoms with Crippen molar-refractivity contribution in [1.82, 2.24) is 4.98 Å². The molecule has 17 heavy (non-hydrogen) atoms. The maximum Gasteiger partial charge on any atom is 0.144 e. The van der Waals surface area contributed by atoms with Crippen LogP contribution < -0.4 is 5.32 Å². The van der Waals surface area contributed by atoms with Crippen molar-refractivity contribution in [2.24, 2.45) is 5.41 Å². The van der Waals surface area contributed by atoms with Gasteiger partial charge in [-0.15, -0.1) is 0 Å². The third-order valence-corrected chi connectivity index (χ3v) is 3.96. The number of nitriles is 1. The van der Waals surface area contributed by atoms with E-state index in [0.29, 0.717) is 11.0 Å². The van der Waals surface area contributed by atoms with Crippen LogP contribution >= 0.6 is 0 Å². The van der Waals surface area contributed by atoms with E-state index in [4.69, 9.17) is 5.26 Å². The van der Waals surface area contributed by atoms with E-state index in [1.54, 1.807) is 0 Å². The molecule has 1 saturated carbocycles. The monoisotopic (exact) mass is 227 g/mol. The van der Waals surface area contributed by atoms with E-state index in [1.807, 2.05) is 6.07 Å². The number of rotatable bonds is 3. The van der Waals surface area contributed by atoms with Gasteiger partial charge in [0.25, 0.3) is 0 Å². The highest BCUT2D eigenvalue weighted by molar-refractivity contribution is 5.55.